The SMILES string of the molecule is CC(C)NC(=O)C(C)N1CC(C)(O)C1. The summed E-state index contributed by atoms with van der Waals surface area (Å²) in [4.78, 5) is 13.5. The van der Waals surface area contributed by atoms with Crippen molar-refractivity contribution < 1.29 is 9.90 Å². The summed E-state index contributed by atoms with van der Waals surface area (Å²) in [7, 11) is 0. The van der Waals surface area contributed by atoms with Gasteiger partial charge >= 0.3 is 0 Å². The smallest absolute Gasteiger partial charge is 0.237 e. The highest BCUT2D eigenvalue weighted by molar-refractivity contribution is 5.81. The Kier molecular flexibility index (Phi) is 3.17. The predicted molar refractivity (Wildman–Crippen MR) is 54.9 cm³/mol. The molecule has 4 nitrogen and oxygen atoms in total. The number of hydrogen-bond acceptors (Lipinski definition) is 3. The fourth-order valence-corrected chi connectivity index (χ4v) is 1.67. The van der Waals surface area contributed by atoms with Crippen LogP contribution in [0.4, 0.5) is 0 Å². The molecule has 4 heteroatoms. The monoisotopic (exact) mass is 200 g/mol. The van der Waals surface area contributed by atoms with Crippen molar-refractivity contribution in [2.45, 2.75) is 45.4 Å². The summed E-state index contributed by atoms with van der Waals surface area (Å²) >= 11 is 0. The number of aliphatic hydroxyl groups is 1. The zero-order chi connectivity index (χ0) is 10.9. The Hall–Kier alpha value is -0.610. The number of amides is 1. The van der Waals surface area contributed by atoms with E-state index in [0.717, 1.165) is 0 Å². The number of carbonyl (C=O) groups is 1. The van der Waals surface area contributed by atoms with Gasteiger partial charge in [0.2, 0.25) is 5.91 Å². The molecule has 1 atom stereocenters. The molecule has 1 aliphatic heterocycles. The maximum Gasteiger partial charge on any atom is 0.237 e. The minimum absolute atomic E-state index is 0.0375. The van der Waals surface area contributed by atoms with Gasteiger partial charge in [0, 0.05) is 19.1 Å². The molecule has 1 heterocycles. The second-order valence-corrected chi connectivity index (χ2v) is 4.74. The third kappa shape index (κ3) is 2.69. The first kappa shape index (κ1) is 11.5. The van der Waals surface area contributed by atoms with E-state index in [0.29, 0.717) is 13.1 Å². The molecule has 0 radical (unpaired) electrons. The minimum atomic E-state index is -0.605. The average molecular weight is 200 g/mol. The molecule has 1 saturated heterocycles. The number of rotatable bonds is 3. The zero-order valence-corrected chi connectivity index (χ0v) is 9.37. The molecule has 0 aromatic carbocycles. The number of nitrogens with zero attached hydrogens (tertiary/aromatic N) is 1. The molecule has 0 aromatic heterocycles. The van der Waals surface area contributed by atoms with E-state index in [-0.39, 0.29) is 18.0 Å². The van der Waals surface area contributed by atoms with E-state index >= 15 is 0 Å². The molecule has 1 rings (SSSR count). The zero-order valence-electron chi connectivity index (χ0n) is 9.37. The van der Waals surface area contributed by atoms with Crippen LogP contribution in [-0.4, -0.2) is 46.7 Å². The summed E-state index contributed by atoms with van der Waals surface area (Å²) < 4.78 is 0. The Bertz CT molecular complexity index is 218. The van der Waals surface area contributed by atoms with E-state index in [1.165, 1.54) is 0 Å². The second-order valence-electron chi connectivity index (χ2n) is 4.74. The van der Waals surface area contributed by atoms with Crippen molar-refractivity contribution in [2.24, 2.45) is 0 Å². The summed E-state index contributed by atoms with van der Waals surface area (Å²) in [5.41, 5.74) is -0.605. The average Bonchev–Trinajstić information content (AvgIpc) is 1.97. The van der Waals surface area contributed by atoms with Gasteiger partial charge in [-0.15, -0.1) is 0 Å². The second kappa shape index (κ2) is 3.87. The molecule has 1 unspecified atom stereocenters. The number of carbonyl (C=O) groups excluding carboxylic acids is 1. The fraction of sp³-hybridized carbons (Fsp3) is 0.900. The minimum Gasteiger partial charge on any atom is -0.388 e. The van der Waals surface area contributed by atoms with Gasteiger partial charge in [0.05, 0.1) is 11.6 Å². The summed E-state index contributed by atoms with van der Waals surface area (Å²) in [6.45, 7) is 8.71. The van der Waals surface area contributed by atoms with E-state index in [9.17, 15) is 9.90 Å². The van der Waals surface area contributed by atoms with E-state index in [2.05, 4.69) is 5.32 Å². The van der Waals surface area contributed by atoms with Crippen molar-refractivity contribution in [3.8, 4) is 0 Å². The first-order chi connectivity index (χ1) is 6.32. The van der Waals surface area contributed by atoms with Crippen molar-refractivity contribution in [1.82, 2.24) is 10.2 Å². The molecule has 0 aliphatic carbocycles. The molecule has 0 saturated carbocycles. The molecular weight excluding hydrogens is 180 g/mol. The van der Waals surface area contributed by atoms with Crippen LogP contribution < -0.4 is 5.32 Å². The van der Waals surface area contributed by atoms with Gasteiger partial charge < -0.3 is 10.4 Å². The summed E-state index contributed by atoms with van der Waals surface area (Å²) in [6.07, 6.45) is 0. The molecule has 14 heavy (non-hydrogen) atoms. The molecular formula is C10H20N2O2. The molecule has 0 bridgehead atoms. The van der Waals surface area contributed by atoms with Gasteiger partial charge in [0.15, 0.2) is 0 Å². The molecule has 1 fully saturated rings. The summed E-state index contributed by atoms with van der Waals surface area (Å²) in [6, 6.07) is 0.0318. The number of β-amino-alcohol motifs (C(OH)–C–C–N with tert-alkyl or cyclic N) is 1. The van der Waals surface area contributed by atoms with Crippen LogP contribution in [0.2, 0.25) is 0 Å². The van der Waals surface area contributed by atoms with Crippen molar-refractivity contribution >= 4 is 5.91 Å². The Morgan fingerprint density at radius 2 is 1.93 bits per heavy atom. The van der Waals surface area contributed by atoms with Crippen LogP contribution >= 0.6 is 0 Å². The molecule has 0 spiro atoms. The highest BCUT2D eigenvalue weighted by Crippen LogP contribution is 2.22. The quantitative estimate of drug-likeness (QED) is 0.672. The lowest BCUT2D eigenvalue weighted by molar-refractivity contribution is -0.139. The Morgan fingerprint density at radius 1 is 1.43 bits per heavy atom. The van der Waals surface area contributed by atoms with Crippen molar-refractivity contribution in [3.05, 3.63) is 0 Å². The number of nitrogens with one attached hydrogen (secondary N) is 1. The Labute approximate surface area is 85.3 Å². The molecule has 1 aliphatic rings. The topological polar surface area (TPSA) is 52.6 Å². The molecule has 1 amide bonds. The lowest BCUT2D eigenvalue weighted by Crippen LogP contribution is -2.65. The molecule has 2 N–H and O–H groups in total. The van der Waals surface area contributed by atoms with Gasteiger partial charge in [0.1, 0.15) is 0 Å². The van der Waals surface area contributed by atoms with Crippen LogP contribution in [0.3, 0.4) is 0 Å². The lowest BCUT2D eigenvalue weighted by atomic mass is 9.95. The number of likely N-dealkylation sites (tertiary alicyclic amines) is 1. The molecule has 0 aromatic rings. The third-order valence-corrected chi connectivity index (χ3v) is 2.45. The molecule has 82 valence electrons. The van der Waals surface area contributed by atoms with Crippen LogP contribution in [0, 0.1) is 0 Å². The van der Waals surface area contributed by atoms with Gasteiger partial charge in [-0.25, -0.2) is 0 Å². The Morgan fingerprint density at radius 3 is 2.29 bits per heavy atom. The highest BCUT2D eigenvalue weighted by atomic mass is 16.3. The van der Waals surface area contributed by atoms with Crippen molar-refractivity contribution in [2.75, 3.05) is 13.1 Å². The van der Waals surface area contributed by atoms with Crippen LogP contribution in [0.1, 0.15) is 27.7 Å². The predicted octanol–water partition coefficient (Wildman–Crippen LogP) is -0.0339. The summed E-state index contributed by atoms with van der Waals surface area (Å²) in [5, 5.41) is 12.4. The maximum atomic E-state index is 11.6. The Balaban J connectivity index is 2.36. The highest BCUT2D eigenvalue weighted by Gasteiger charge is 2.40. The first-order valence-corrected chi connectivity index (χ1v) is 5.08. The van der Waals surface area contributed by atoms with Gasteiger partial charge in [-0.05, 0) is 27.7 Å². The normalized spacial score (nSPS) is 23.0. The summed E-state index contributed by atoms with van der Waals surface area (Å²) in [5.74, 6) is 0.0375. The standard InChI is InChI=1S/C10H20N2O2/c1-7(2)11-9(13)8(3)12-5-10(4,14)6-12/h7-8,14H,5-6H2,1-4H3,(H,11,13). The van der Waals surface area contributed by atoms with Gasteiger partial charge in [-0.1, -0.05) is 0 Å². The van der Waals surface area contributed by atoms with Crippen LogP contribution in [0.15, 0.2) is 0 Å². The van der Waals surface area contributed by atoms with Crippen molar-refractivity contribution in [1.29, 1.82) is 0 Å². The maximum absolute atomic E-state index is 11.6. The van der Waals surface area contributed by atoms with Gasteiger partial charge in [-0.3, -0.25) is 9.69 Å². The van der Waals surface area contributed by atoms with Crippen LogP contribution in [0.25, 0.3) is 0 Å². The van der Waals surface area contributed by atoms with Crippen molar-refractivity contribution in [3.63, 3.8) is 0 Å². The first-order valence-electron chi connectivity index (χ1n) is 5.08. The number of hydrogen-bond donors (Lipinski definition) is 2. The van der Waals surface area contributed by atoms with E-state index in [4.69, 9.17) is 0 Å². The van der Waals surface area contributed by atoms with Gasteiger partial charge in [-0.2, -0.15) is 0 Å². The van der Waals surface area contributed by atoms with E-state index in [1.807, 2.05) is 25.7 Å². The third-order valence-electron chi connectivity index (χ3n) is 2.45. The lowest BCUT2D eigenvalue weighted by Gasteiger charge is -2.46. The van der Waals surface area contributed by atoms with E-state index < -0.39 is 5.60 Å². The van der Waals surface area contributed by atoms with Crippen LogP contribution in [0.5, 0.6) is 0 Å². The van der Waals surface area contributed by atoms with Gasteiger partial charge in [0.25, 0.3) is 0 Å². The largest absolute Gasteiger partial charge is 0.388 e. The van der Waals surface area contributed by atoms with Crippen LogP contribution in [-0.2, 0) is 4.79 Å². The fourth-order valence-electron chi connectivity index (χ4n) is 1.67. The van der Waals surface area contributed by atoms with E-state index in [1.54, 1.807) is 6.92 Å².